The molecule has 0 aromatic heterocycles. The van der Waals surface area contributed by atoms with Gasteiger partial charge in [-0.05, 0) is 38.4 Å². The highest BCUT2D eigenvalue weighted by Crippen LogP contribution is 2.29. The molecule has 0 heterocycles. The molecule has 3 N–H and O–H groups in total. The summed E-state index contributed by atoms with van der Waals surface area (Å²) in [6, 6.07) is 6.01. The summed E-state index contributed by atoms with van der Waals surface area (Å²) in [6.07, 6.45) is 1.02. The minimum absolute atomic E-state index is 0.156. The van der Waals surface area contributed by atoms with Crippen LogP contribution in [0.4, 0.5) is 0 Å². The number of nitrogens with one attached hydrogen (secondary N) is 1. The molecule has 0 saturated carbocycles. The Balaban J connectivity index is 2.97. The SMILES string of the molecule is CCCNC(C)c1ccc(Br)cc1OC(CC)C(N)=O. The molecule has 2 atom stereocenters. The molecule has 0 aliphatic rings. The molecular formula is C15H23BrN2O2. The molecule has 1 rings (SSSR count). The van der Waals surface area contributed by atoms with Gasteiger partial charge in [-0.3, -0.25) is 4.79 Å². The molecule has 0 saturated heterocycles. The fourth-order valence-electron chi connectivity index (χ4n) is 1.93. The average Bonchev–Trinajstić information content (AvgIpc) is 2.41. The number of halogens is 1. The highest BCUT2D eigenvalue weighted by Gasteiger charge is 2.19. The van der Waals surface area contributed by atoms with Gasteiger partial charge >= 0.3 is 0 Å². The quantitative estimate of drug-likeness (QED) is 0.762. The lowest BCUT2D eigenvalue weighted by Crippen LogP contribution is -2.33. The number of ether oxygens (including phenoxy) is 1. The molecule has 0 spiro atoms. The predicted octanol–water partition coefficient (Wildman–Crippen LogP) is 3.15. The number of carbonyl (C=O) groups is 1. The minimum atomic E-state index is -0.596. The van der Waals surface area contributed by atoms with Gasteiger partial charge in [-0.25, -0.2) is 0 Å². The molecule has 0 aliphatic carbocycles. The number of rotatable bonds is 8. The van der Waals surface area contributed by atoms with E-state index in [4.69, 9.17) is 10.5 Å². The maximum atomic E-state index is 11.3. The van der Waals surface area contributed by atoms with Gasteiger partial charge in [-0.2, -0.15) is 0 Å². The van der Waals surface area contributed by atoms with Crippen molar-refractivity contribution in [2.45, 2.75) is 45.8 Å². The highest BCUT2D eigenvalue weighted by atomic mass is 79.9. The van der Waals surface area contributed by atoms with E-state index in [2.05, 4.69) is 35.1 Å². The van der Waals surface area contributed by atoms with Crippen molar-refractivity contribution in [3.05, 3.63) is 28.2 Å². The van der Waals surface area contributed by atoms with Gasteiger partial charge in [0.05, 0.1) is 0 Å². The van der Waals surface area contributed by atoms with E-state index in [0.29, 0.717) is 12.2 Å². The Morgan fingerprint density at radius 3 is 2.70 bits per heavy atom. The van der Waals surface area contributed by atoms with Crippen LogP contribution in [0.15, 0.2) is 22.7 Å². The summed E-state index contributed by atoms with van der Waals surface area (Å²) in [6.45, 7) is 7.02. The monoisotopic (exact) mass is 342 g/mol. The first-order valence-electron chi connectivity index (χ1n) is 6.98. The predicted molar refractivity (Wildman–Crippen MR) is 84.8 cm³/mol. The van der Waals surface area contributed by atoms with Crippen LogP contribution in [0.1, 0.15) is 45.2 Å². The number of hydrogen-bond acceptors (Lipinski definition) is 3. The summed E-state index contributed by atoms with van der Waals surface area (Å²) in [5.41, 5.74) is 6.38. The second-order valence-electron chi connectivity index (χ2n) is 4.78. The smallest absolute Gasteiger partial charge is 0.258 e. The molecule has 0 bridgehead atoms. The first-order chi connectivity index (χ1) is 9.49. The lowest BCUT2D eigenvalue weighted by molar-refractivity contribution is -0.124. The van der Waals surface area contributed by atoms with E-state index in [1.54, 1.807) is 0 Å². The normalized spacial score (nSPS) is 13.8. The van der Waals surface area contributed by atoms with Gasteiger partial charge in [-0.1, -0.05) is 35.8 Å². The van der Waals surface area contributed by atoms with Crippen molar-refractivity contribution >= 4 is 21.8 Å². The number of benzene rings is 1. The van der Waals surface area contributed by atoms with Crippen LogP contribution in [-0.2, 0) is 4.79 Å². The van der Waals surface area contributed by atoms with Crippen molar-refractivity contribution in [2.24, 2.45) is 5.73 Å². The lowest BCUT2D eigenvalue weighted by atomic mass is 10.1. The molecule has 5 heteroatoms. The van der Waals surface area contributed by atoms with Crippen LogP contribution in [0.2, 0.25) is 0 Å². The fourth-order valence-corrected chi connectivity index (χ4v) is 2.27. The molecule has 4 nitrogen and oxygen atoms in total. The lowest BCUT2D eigenvalue weighted by Gasteiger charge is -2.21. The molecule has 112 valence electrons. The summed E-state index contributed by atoms with van der Waals surface area (Å²) in [4.78, 5) is 11.3. The van der Waals surface area contributed by atoms with Crippen LogP contribution in [0.25, 0.3) is 0 Å². The first kappa shape index (κ1) is 17.0. The van der Waals surface area contributed by atoms with Crippen molar-refractivity contribution in [1.29, 1.82) is 0 Å². The van der Waals surface area contributed by atoms with E-state index in [-0.39, 0.29) is 6.04 Å². The number of nitrogens with two attached hydrogens (primary N) is 1. The summed E-state index contributed by atoms with van der Waals surface area (Å²) < 4.78 is 6.71. The van der Waals surface area contributed by atoms with E-state index in [1.807, 2.05) is 25.1 Å². The van der Waals surface area contributed by atoms with E-state index >= 15 is 0 Å². The van der Waals surface area contributed by atoms with Gasteiger partial charge in [-0.15, -0.1) is 0 Å². The van der Waals surface area contributed by atoms with Gasteiger partial charge < -0.3 is 15.8 Å². The summed E-state index contributed by atoms with van der Waals surface area (Å²) in [5.74, 6) is 0.258. The van der Waals surface area contributed by atoms with Gasteiger partial charge in [0.15, 0.2) is 6.10 Å². The molecule has 2 unspecified atom stereocenters. The van der Waals surface area contributed by atoms with Crippen molar-refractivity contribution in [1.82, 2.24) is 5.32 Å². The molecule has 1 amide bonds. The number of primary amides is 1. The van der Waals surface area contributed by atoms with Crippen LogP contribution in [0.5, 0.6) is 5.75 Å². The number of carbonyl (C=O) groups excluding carboxylic acids is 1. The Hall–Kier alpha value is -1.07. The third-order valence-corrected chi connectivity index (χ3v) is 3.59. The molecule has 20 heavy (non-hydrogen) atoms. The molecule has 1 aromatic rings. The third-order valence-electron chi connectivity index (χ3n) is 3.10. The second kappa shape index (κ2) is 8.27. The molecular weight excluding hydrogens is 320 g/mol. The van der Waals surface area contributed by atoms with Crippen molar-refractivity contribution in [3.8, 4) is 5.75 Å². The Kier molecular flexibility index (Phi) is 7.02. The van der Waals surface area contributed by atoms with E-state index in [9.17, 15) is 4.79 Å². The topological polar surface area (TPSA) is 64.3 Å². The maximum absolute atomic E-state index is 11.3. The molecule has 0 radical (unpaired) electrons. The van der Waals surface area contributed by atoms with Gasteiger partial charge in [0, 0.05) is 16.1 Å². The van der Waals surface area contributed by atoms with Crippen LogP contribution in [-0.4, -0.2) is 18.6 Å². The minimum Gasteiger partial charge on any atom is -0.480 e. The van der Waals surface area contributed by atoms with Crippen molar-refractivity contribution in [2.75, 3.05) is 6.54 Å². The molecule has 0 fully saturated rings. The van der Waals surface area contributed by atoms with Crippen LogP contribution in [0, 0.1) is 0 Å². The Bertz CT molecular complexity index is 451. The summed E-state index contributed by atoms with van der Waals surface area (Å²) in [7, 11) is 0. The summed E-state index contributed by atoms with van der Waals surface area (Å²) >= 11 is 3.43. The first-order valence-corrected chi connectivity index (χ1v) is 7.77. The zero-order valence-corrected chi connectivity index (χ0v) is 13.9. The van der Waals surface area contributed by atoms with Gasteiger partial charge in [0.1, 0.15) is 5.75 Å². The Morgan fingerprint density at radius 1 is 1.45 bits per heavy atom. The number of amides is 1. The standard InChI is InChI=1S/C15H23BrN2O2/c1-4-8-18-10(3)12-7-6-11(16)9-14(12)20-13(5-2)15(17)19/h6-7,9-10,13,18H,4-5,8H2,1-3H3,(H2,17,19). The summed E-state index contributed by atoms with van der Waals surface area (Å²) in [5, 5.41) is 3.42. The van der Waals surface area contributed by atoms with Crippen LogP contribution in [0.3, 0.4) is 0 Å². The Morgan fingerprint density at radius 2 is 2.15 bits per heavy atom. The third kappa shape index (κ3) is 4.80. The van der Waals surface area contributed by atoms with Gasteiger partial charge in [0.2, 0.25) is 0 Å². The zero-order valence-electron chi connectivity index (χ0n) is 12.3. The van der Waals surface area contributed by atoms with Gasteiger partial charge in [0.25, 0.3) is 5.91 Å². The van der Waals surface area contributed by atoms with Crippen molar-refractivity contribution < 1.29 is 9.53 Å². The largest absolute Gasteiger partial charge is 0.480 e. The molecule has 0 aliphatic heterocycles. The van der Waals surface area contributed by atoms with E-state index < -0.39 is 12.0 Å². The number of hydrogen-bond donors (Lipinski definition) is 2. The second-order valence-corrected chi connectivity index (χ2v) is 5.69. The average molecular weight is 343 g/mol. The van der Waals surface area contributed by atoms with Crippen LogP contribution < -0.4 is 15.8 Å². The maximum Gasteiger partial charge on any atom is 0.258 e. The van der Waals surface area contributed by atoms with E-state index in [1.165, 1.54) is 0 Å². The molecule has 1 aromatic carbocycles. The fraction of sp³-hybridized carbons (Fsp3) is 0.533. The van der Waals surface area contributed by atoms with Crippen molar-refractivity contribution in [3.63, 3.8) is 0 Å². The Labute approximate surface area is 129 Å². The van der Waals surface area contributed by atoms with E-state index in [0.717, 1.165) is 23.0 Å². The highest BCUT2D eigenvalue weighted by molar-refractivity contribution is 9.10. The zero-order chi connectivity index (χ0) is 15.1. The van der Waals surface area contributed by atoms with Crippen LogP contribution >= 0.6 is 15.9 Å².